The quantitative estimate of drug-likeness (QED) is 0.474. The number of hydrogen-bond acceptors (Lipinski definition) is 2. The Morgan fingerprint density at radius 3 is 2.21 bits per heavy atom. The van der Waals surface area contributed by atoms with Gasteiger partial charge in [-0.3, -0.25) is 0 Å². The lowest BCUT2D eigenvalue weighted by Crippen LogP contribution is -2.52. The van der Waals surface area contributed by atoms with Crippen molar-refractivity contribution in [2.75, 3.05) is 6.26 Å². The molecule has 0 heterocycles. The van der Waals surface area contributed by atoms with Crippen molar-refractivity contribution in [3.8, 4) is 0 Å². The van der Waals surface area contributed by atoms with Gasteiger partial charge in [0.2, 0.25) is 0 Å². The van der Waals surface area contributed by atoms with Crippen molar-refractivity contribution in [1.82, 2.24) is 0 Å². The zero-order valence-corrected chi connectivity index (χ0v) is 12.5. The summed E-state index contributed by atoms with van der Waals surface area (Å²) in [5.74, 6) is 0. The number of rotatable bonds is 7. The number of hydrogen-bond donors (Lipinski definition) is 0. The minimum Gasteiger partial charge on any atom is -0.313 e. The molecule has 0 aromatic rings. The first-order valence-corrected chi connectivity index (χ1v) is 10.0. The lowest BCUT2D eigenvalue weighted by atomic mass is 10.3. The summed E-state index contributed by atoms with van der Waals surface area (Å²) in [6.07, 6.45) is 5.82. The zero-order chi connectivity index (χ0) is 11.2. The van der Waals surface area contributed by atoms with Crippen molar-refractivity contribution < 1.29 is 4.18 Å². The summed E-state index contributed by atoms with van der Waals surface area (Å²) < 4.78 is 5.92. The van der Waals surface area contributed by atoms with Crippen LogP contribution in [0.4, 0.5) is 0 Å². The number of unbranched alkanes of at least 4 members (excludes halogenated alkanes) is 1. The van der Waals surface area contributed by atoms with Crippen molar-refractivity contribution >= 4 is 20.1 Å². The molecule has 0 rings (SSSR count). The first-order valence-electron chi connectivity index (χ1n) is 5.65. The maximum absolute atomic E-state index is 5.92. The van der Waals surface area contributed by atoms with E-state index in [2.05, 4.69) is 33.9 Å². The Morgan fingerprint density at radius 1 is 1.29 bits per heavy atom. The molecule has 0 amide bonds. The smallest absolute Gasteiger partial charge is 0.0867 e. The van der Waals surface area contributed by atoms with Crippen LogP contribution in [0.15, 0.2) is 0 Å². The summed E-state index contributed by atoms with van der Waals surface area (Å²) in [4.78, 5) is 0. The maximum Gasteiger partial charge on any atom is 0.0867 e. The van der Waals surface area contributed by atoms with Crippen molar-refractivity contribution in [3.05, 3.63) is 0 Å². The molecule has 0 N–H and O–H groups in total. The molecule has 3 heteroatoms. The van der Waals surface area contributed by atoms with Gasteiger partial charge >= 0.3 is 0 Å². The summed E-state index contributed by atoms with van der Waals surface area (Å²) in [5.41, 5.74) is 0. The molecule has 86 valence electrons. The van der Waals surface area contributed by atoms with Crippen LogP contribution in [0.25, 0.3) is 0 Å². The van der Waals surface area contributed by atoms with Crippen LogP contribution in [0.1, 0.15) is 40.0 Å². The highest BCUT2D eigenvalue weighted by atomic mass is 32.2. The summed E-state index contributed by atoms with van der Waals surface area (Å²) in [6, 6.07) is 1.38. The summed E-state index contributed by atoms with van der Waals surface area (Å²) in [5, 5.41) is 0.140. The third kappa shape index (κ3) is 3.59. The molecular formula is C11H26OSSi. The van der Waals surface area contributed by atoms with Gasteiger partial charge in [0, 0.05) is 6.26 Å². The van der Waals surface area contributed by atoms with Crippen LogP contribution in [0.2, 0.25) is 19.1 Å². The predicted molar refractivity (Wildman–Crippen MR) is 70.5 cm³/mol. The molecule has 1 nitrogen and oxygen atoms in total. The fourth-order valence-corrected chi connectivity index (χ4v) is 6.08. The van der Waals surface area contributed by atoms with Gasteiger partial charge in [-0.2, -0.15) is 0 Å². The first kappa shape index (κ1) is 14.5. The standard InChI is InChI=1S/C11H26OSSi/c1-7-9-10-14(5,6)11(3,8-2)12-13-4/h7-10H2,1-6H3. The van der Waals surface area contributed by atoms with E-state index in [1.165, 1.54) is 30.9 Å². The highest BCUT2D eigenvalue weighted by Gasteiger charge is 2.42. The van der Waals surface area contributed by atoms with E-state index in [4.69, 9.17) is 4.18 Å². The van der Waals surface area contributed by atoms with Gasteiger partial charge in [0.1, 0.15) is 0 Å². The average molecular weight is 234 g/mol. The second-order valence-corrected chi connectivity index (χ2v) is 10.6. The zero-order valence-electron chi connectivity index (χ0n) is 10.6. The fourth-order valence-electron chi connectivity index (χ4n) is 1.72. The van der Waals surface area contributed by atoms with Gasteiger partial charge in [-0.05, 0) is 25.4 Å². The van der Waals surface area contributed by atoms with E-state index >= 15 is 0 Å². The Bertz CT molecular complexity index is 161. The van der Waals surface area contributed by atoms with Crippen LogP contribution >= 0.6 is 12.0 Å². The van der Waals surface area contributed by atoms with Gasteiger partial charge in [-0.15, -0.1) is 0 Å². The molecule has 0 bridgehead atoms. The maximum atomic E-state index is 5.92. The molecule has 1 atom stereocenters. The monoisotopic (exact) mass is 234 g/mol. The van der Waals surface area contributed by atoms with Crippen LogP contribution in [0.3, 0.4) is 0 Å². The second kappa shape index (κ2) is 6.18. The Morgan fingerprint density at radius 2 is 1.86 bits per heavy atom. The molecule has 0 saturated heterocycles. The minimum absolute atomic E-state index is 0.140. The van der Waals surface area contributed by atoms with Crippen molar-refractivity contribution in [3.63, 3.8) is 0 Å². The topological polar surface area (TPSA) is 9.23 Å². The van der Waals surface area contributed by atoms with Crippen LogP contribution in [0.5, 0.6) is 0 Å². The normalized spacial score (nSPS) is 16.7. The SMILES string of the molecule is CCCC[Si](C)(C)C(C)(CC)OSC. The Kier molecular flexibility index (Phi) is 6.42. The van der Waals surface area contributed by atoms with Gasteiger partial charge in [-0.1, -0.05) is 45.8 Å². The van der Waals surface area contributed by atoms with Crippen LogP contribution in [-0.2, 0) is 4.18 Å². The summed E-state index contributed by atoms with van der Waals surface area (Å²) >= 11 is 1.53. The molecule has 0 radical (unpaired) electrons. The molecule has 0 aromatic heterocycles. The molecular weight excluding hydrogens is 208 g/mol. The second-order valence-electron chi connectivity index (χ2n) is 4.82. The van der Waals surface area contributed by atoms with E-state index in [1.54, 1.807) is 0 Å². The first-order chi connectivity index (χ1) is 6.43. The largest absolute Gasteiger partial charge is 0.313 e. The van der Waals surface area contributed by atoms with E-state index in [9.17, 15) is 0 Å². The molecule has 0 aliphatic rings. The van der Waals surface area contributed by atoms with Gasteiger partial charge in [0.15, 0.2) is 0 Å². The molecule has 1 unspecified atom stereocenters. The Hall–Kier alpha value is 0.527. The van der Waals surface area contributed by atoms with E-state index < -0.39 is 8.07 Å². The van der Waals surface area contributed by atoms with Crippen molar-refractivity contribution in [1.29, 1.82) is 0 Å². The van der Waals surface area contributed by atoms with Crippen LogP contribution in [-0.4, -0.2) is 19.6 Å². The minimum atomic E-state index is -1.24. The highest BCUT2D eigenvalue weighted by Crippen LogP contribution is 2.35. The fraction of sp³-hybridized carbons (Fsp3) is 1.00. The molecule has 0 spiro atoms. The van der Waals surface area contributed by atoms with E-state index in [0.29, 0.717) is 0 Å². The van der Waals surface area contributed by atoms with E-state index in [1.807, 2.05) is 6.26 Å². The summed E-state index contributed by atoms with van der Waals surface area (Å²) in [7, 11) is -1.24. The van der Waals surface area contributed by atoms with Gasteiger partial charge < -0.3 is 4.18 Å². The molecule has 14 heavy (non-hydrogen) atoms. The lowest BCUT2D eigenvalue weighted by Gasteiger charge is -2.41. The van der Waals surface area contributed by atoms with Crippen molar-refractivity contribution in [2.45, 2.75) is 64.4 Å². The van der Waals surface area contributed by atoms with Gasteiger partial charge in [-0.25, -0.2) is 0 Å². The van der Waals surface area contributed by atoms with Gasteiger partial charge in [0.05, 0.1) is 13.3 Å². The highest BCUT2D eigenvalue weighted by molar-refractivity contribution is 7.94. The predicted octanol–water partition coefficient (Wildman–Crippen LogP) is 4.50. The average Bonchev–Trinajstić information content (AvgIpc) is 2.14. The Labute approximate surface area is 95.2 Å². The third-order valence-corrected chi connectivity index (χ3v) is 9.13. The van der Waals surface area contributed by atoms with Gasteiger partial charge in [0.25, 0.3) is 0 Å². The molecule has 0 aliphatic heterocycles. The molecule has 0 aromatic carbocycles. The Balaban J connectivity index is 4.45. The third-order valence-electron chi connectivity index (χ3n) is 3.53. The summed E-state index contributed by atoms with van der Waals surface area (Å²) in [6.45, 7) is 11.7. The molecule has 0 aliphatic carbocycles. The van der Waals surface area contributed by atoms with Crippen LogP contribution < -0.4 is 0 Å². The van der Waals surface area contributed by atoms with E-state index in [0.717, 1.165) is 6.42 Å². The lowest BCUT2D eigenvalue weighted by molar-refractivity contribution is 0.195. The molecule has 0 saturated carbocycles. The van der Waals surface area contributed by atoms with Crippen LogP contribution in [0, 0.1) is 0 Å². The molecule has 0 fully saturated rings. The van der Waals surface area contributed by atoms with E-state index in [-0.39, 0.29) is 5.22 Å². The van der Waals surface area contributed by atoms with Crippen molar-refractivity contribution in [2.24, 2.45) is 0 Å².